The zero-order valence-electron chi connectivity index (χ0n) is 16.3. The number of anilines is 1. The van der Waals surface area contributed by atoms with Crippen LogP contribution in [0.2, 0.25) is 0 Å². The first-order valence-electron chi connectivity index (χ1n) is 9.80. The molecular formula is C21H21N7O2. The van der Waals surface area contributed by atoms with Gasteiger partial charge < -0.3 is 10.6 Å². The Bertz CT molecular complexity index is 1040. The molecule has 2 aliphatic rings. The number of carbonyl (C=O) groups excluding carboxylic acids is 2. The van der Waals surface area contributed by atoms with Crippen molar-refractivity contribution in [3.05, 3.63) is 53.3 Å². The summed E-state index contributed by atoms with van der Waals surface area (Å²) in [6.45, 7) is 1.20. The zero-order valence-corrected chi connectivity index (χ0v) is 16.3. The van der Waals surface area contributed by atoms with Gasteiger partial charge in [0, 0.05) is 37.8 Å². The smallest absolute Gasteiger partial charge is 0.267 e. The van der Waals surface area contributed by atoms with E-state index in [0.717, 1.165) is 5.56 Å². The molecule has 152 valence electrons. The average molecular weight is 403 g/mol. The van der Waals surface area contributed by atoms with Crippen LogP contribution in [0.15, 0.2) is 41.6 Å². The van der Waals surface area contributed by atoms with Crippen LogP contribution in [0.5, 0.6) is 0 Å². The number of benzene rings is 1. The van der Waals surface area contributed by atoms with Crippen LogP contribution in [-0.4, -0.2) is 46.1 Å². The molecule has 1 fully saturated rings. The second kappa shape index (κ2) is 8.29. The molecule has 9 nitrogen and oxygen atoms in total. The fourth-order valence-corrected chi connectivity index (χ4v) is 3.87. The van der Waals surface area contributed by atoms with Gasteiger partial charge in [-0.15, -0.1) is 0 Å². The Morgan fingerprint density at radius 2 is 2.00 bits per heavy atom. The highest BCUT2D eigenvalue weighted by Crippen LogP contribution is 2.32. The van der Waals surface area contributed by atoms with Crippen molar-refractivity contribution in [1.82, 2.24) is 15.0 Å². The Labute approximate surface area is 173 Å². The van der Waals surface area contributed by atoms with Crippen LogP contribution >= 0.6 is 0 Å². The number of hydrazone groups is 1. The fraction of sp³-hybridized carbons (Fsp3) is 0.333. The molecule has 0 bridgehead atoms. The van der Waals surface area contributed by atoms with Crippen LogP contribution < -0.4 is 10.6 Å². The summed E-state index contributed by atoms with van der Waals surface area (Å²) in [6.07, 6.45) is 5.17. The van der Waals surface area contributed by atoms with Gasteiger partial charge in [-0.2, -0.15) is 10.4 Å². The second-order valence-corrected chi connectivity index (χ2v) is 7.34. The van der Waals surface area contributed by atoms with Crippen molar-refractivity contribution in [1.29, 1.82) is 5.26 Å². The molecule has 0 saturated carbocycles. The van der Waals surface area contributed by atoms with Gasteiger partial charge in [-0.3, -0.25) is 9.59 Å². The van der Waals surface area contributed by atoms with Crippen molar-refractivity contribution in [2.45, 2.75) is 25.3 Å². The SMILES string of the molecule is N#Cc1cccc(C2CC=NN2C(=O)C2CCN(c3nccc(C(N)=O)n3)CC2)c1. The number of nitrogens with two attached hydrogens (primary N) is 1. The molecule has 0 spiro atoms. The molecule has 3 heterocycles. The average Bonchev–Trinajstić information content (AvgIpc) is 3.29. The van der Waals surface area contributed by atoms with Crippen molar-refractivity contribution in [2.75, 3.05) is 18.0 Å². The van der Waals surface area contributed by atoms with Gasteiger partial charge in [-0.1, -0.05) is 12.1 Å². The summed E-state index contributed by atoms with van der Waals surface area (Å²) in [4.78, 5) is 34.9. The van der Waals surface area contributed by atoms with E-state index in [0.29, 0.717) is 43.9 Å². The Morgan fingerprint density at radius 1 is 1.20 bits per heavy atom. The third kappa shape index (κ3) is 3.85. The lowest BCUT2D eigenvalue weighted by Gasteiger charge is -2.33. The molecule has 30 heavy (non-hydrogen) atoms. The molecule has 2 aromatic rings. The van der Waals surface area contributed by atoms with E-state index in [2.05, 4.69) is 21.1 Å². The number of nitrogens with zero attached hydrogens (tertiary/aromatic N) is 6. The molecule has 2 amide bonds. The van der Waals surface area contributed by atoms with Gasteiger partial charge in [0.05, 0.1) is 17.7 Å². The molecule has 2 aliphatic heterocycles. The highest BCUT2D eigenvalue weighted by molar-refractivity contribution is 5.90. The quantitative estimate of drug-likeness (QED) is 0.826. The summed E-state index contributed by atoms with van der Waals surface area (Å²) in [7, 11) is 0. The summed E-state index contributed by atoms with van der Waals surface area (Å²) in [5.41, 5.74) is 6.95. The fourth-order valence-electron chi connectivity index (χ4n) is 3.87. The van der Waals surface area contributed by atoms with Gasteiger partial charge in [-0.25, -0.2) is 15.0 Å². The first kappa shape index (κ1) is 19.5. The van der Waals surface area contributed by atoms with Crippen molar-refractivity contribution in [2.24, 2.45) is 16.8 Å². The third-order valence-electron chi connectivity index (χ3n) is 5.48. The van der Waals surface area contributed by atoms with Crippen molar-refractivity contribution >= 4 is 24.0 Å². The summed E-state index contributed by atoms with van der Waals surface area (Å²) in [6, 6.07) is 10.7. The second-order valence-electron chi connectivity index (χ2n) is 7.34. The van der Waals surface area contributed by atoms with E-state index in [4.69, 9.17) is 11.0 Å². The predicted octanol–water partition coefficient (Wildman–Crippen LogP) is 1.62. The molecular weight excluding hydrogens is 382 g/mol. The van der Waals surface area contributed by atoms with Crippen LogP contribution in [0.25, 0.3) is 0 Å². The van der Waals surface area contributed by atoms with E-state index >= 15 is 0 Å². The molecule has 1 saturated heterocycles. The van der Waals surface area contributed by atoms with E-state index < -0.39 is 5.91 Å². The molecule has 1 aromatic carbocycles. The summed E-state index contributed by atoms with van der Waals surface area (Å²) in [5, 5.41) is 15.0. The number of hydrogen-bond donors (Lipinski definition) is 1. The minimum absolute atomic E-state index is 0.0115. The predicted molar refractivity (Wildman–Crippen MR) is 109 cm³/mol. The van der Waals surface area contributed by atoms with Crippen molar-refractivity contribution in [3.63, 3.8) is 0 Å². The molecule has 0 radical (unpaired) electrons. The lowest BCUT2D eigenvalue weighted by molar-refractivity contribution is -0.138. The molecule has 0 aliphatic carbocycles. The standard InChI is InChI=1S/C21H21N7O2/c22-13-14-2-1-3-16(12-14)18-5-9-25-28(18)20(30)15-6-10-27(11-7-15)21-24-8-4-17(26-21)19(23)29/h1-4,8-9,12,15,18H,5-7,10-11H2,(H2,23,29). The van der Waals surface area contributed by atoms with Gasteiger partial charge in [-0.05, 0) is 36.6 Å². The van der Waals surface area contributed by atoms with Crippen LogP contribution in [0.3, 0.4) is 0 Å². The number of nitriles is 1. The maximum Gasteiger partial charge on any atom is 0.267 e. The number of aromatic nitrogens is 2. The number of piperidine rings is 1. The molecule has 2 N–H and O–H groups in total. The first-order valence-corrected chi connectivity index (χ1v) is 9.80. The Morgan fingerprint density at radius 3 is 2.73 bits per heavy atom. The molecule has 1 aromatic heterocycles. The third-order valence-corrected chi connectivity index (χ3v) is 5.48. The maximum absolute atomic E-state index is 13.2. The van der Waals surface area contributed by atoms with Crippen LogP contribution in [0.4, 0.5) is 5.95 Å². The number of rotatable bonds is 4. The Hall–Kier alpha value is -3.80. The topological polar surface area (TPSA) is 129 Å². The monoisotopic (exact) mass is 403 g/mol. The highest BCUT2D eigenvalue weighted by Gasteiger charge is 2.35. The molecule has 1 atom stereocenters. The van der Waals surface area contributed by atoms with Gasteiger partial charge in [0.15, 0.2) is 0 Å². The van der Waals surface area contributed by atoms with E-state index in [1.54, 1.807) is 17.3 Å². The van der Waals surface area contributed by atoms with E-state index in [9.17, 15) is 9.59 Å². The van der Waals surface area contributed by atoms with Gasteiger partial charge >= 0.3 is 0 Å². The molecule has 1 unspecified atom stereocenters. The molecule has 4 rings (SSSR count). The highest BCUT2D eigenvalue weighted by atomic mass is 16.2. The molecule has 9 heteroatoms. The number of carbonyl (C=O) groups is 2. The number of hydrogen-bond acceptors (Lipinski definition) is 7. The summed E-state index contributed by atoms with van der Waals surface area (Å²) < 4.78 is 0. The number of primary amides is 1. The van der Waals surface area contributed by atoms with Crippen LogP contribution in [0, 0.1) is 17.2 Å². The summed E-state index contributed by atoms with van der Waals surface area (Å²) >= 11 is 0. The number of amides is 2. The van der Waals surface area contributed by atoms with Crippen LogP contribution in [-0.2, 0) is 4.79 Å². The van der Waals surface area contributed by atoms with E-state index in [-0.39, 0.29) is 23.6 Å². The Balaban J connectivity index is 1.42. The van der Waals surface area contributed by atoms with E-state index in [1.807, 2.05) is 23.1 Å². The van der Waals surface area contributed by atoms with Gasteiger partial charge in [0.25, 0.3) is 5.91 Å². The lowest BCUT2D eigenvalue weighted by atomic mass is 9.94. The van der Waals surface area contributed by atoms with Crippen molar-refractivity contribution < 1.29 is 9.59 Å². The van der Waals surface area contributed by atoms with Gasteiger partial charge in [0.1, 0.15) is 5.69 Å². The minimum atomic E-state index is -0.595. The Kier molecular flexibility index (Phi) is 5.39. The van der Waals surface area contributed by atoms with Crippen LogP contribution in [0.1, 0.15) is 46.9 Å². The zero-order chi connectivity index (χ0) is 21.1. The largest absolute Gasteiger partial charge is 0.364 e. The summed E-state index contributed by atoms with van der Waals surface area (Å²) in [5.74, 6) is -0.315. The van der Waals surface area contributed by atoms with Gasteiger partial charge in [0.2, 0.25) is 11.9 Å². The maximum atomic E-state index is 13.2. The van der Waals surface area contributed by atoms with E-state index in [1.165, 1.54) is 12.3 Å². The van der Waals surface area contributed by atoms with Crippen molar-refractivity contribution in [3.8, 4) is 6.07 Å². The minimum Gasteiger partial charge on any atom is -0.364 e. The normalized spacial score (nSPS) is 19.0. The first-order chi connectivity index (χ1) is 14.6. The lowest BCUT2D eigenvalue weighted by Crippen LogP contribution is -2.41.